The van der Waals surface area contributed by atoms with Gasteiger partial charge in [-0.2, -0.15) is 0 Å². The predicted octanol–water partition coefficient (Wildman–Crippen LogP) is 2.24. The molecule has 0 saturated heterocycles. The molecule has 0 radical (unpaired) electrons. The third-order valence-electron chi connectivity index (χ3n) is 3.32. The number of anilines is 1. The normalized spacial score (nSPS) is 15.6. The fraction of sp³-hybridized carbons (Fsp3) is 0.429. The highest BCUT2D eigenvalue weighted by Crippen LogP contribution is 2.43. The third kappa shape index (κ3) is 4.28. The first kappa shape index (κ1) is 13.4. The number of aliphatic carboxylic acids is 1. The van der Waals surface area contributed by atoms with E-state index in [2.05, 4.69) is 17.6 Å². The quantitative estimate of drug-likeness (QED) is 0.761. The molecule has 0 aliphatic heterocycles. The van der Waals surface area contributed by atoms with Crippen LogP contribution in [-0.2, 0) is 11.2 Å². The summed E-state index contributed by atoms with van der Waals surface area (Å²) in [4.78, 5) is 22.3. The van der Waals surface area contributed by atoms with Gasteiger partial charge in [0.25, 0.3) is 0 Å². The van der Waals surface area contributed by atoms with Crippen LogP contribution in [0.3, 0.4) is 0 Å². The molecule has 2 rings (SSSR count). The van der Waals surface area contributed by atoms with Crippen LogP contribution in [0.15, 0.2) is 24.3 Å². The first-order valence-corrected chi connectivity index (χ1v) is 6.32. The molecule has 1 aromatic rings. The number of nitrogens with one attached hydrogen (secondary N) is 2. The Labute approximate surface area is 112 Å². The van der Waals surface area contributed by atoms with Crippen molar-refractivity contribution in [3.8, 4) is 0 Å². The lowest BCUT2D eigenvalue weighted by molar-refractivity contribution is -0.136. The molecule has 1 aliphatic carbocycles. The highest BCUT2D eigenvalue weighted by molar-refractivity contribution is 5.89. The van der Waals surface area contributed by atoms with Gasteiger partial charge in [-0.25, -0.2) is 4.79 Å². The molecule has 3 N–H and O–H groups in total. The van der Waals surface area contributed by atoms with Crippen LogP contribution in [0, 0.1) is 5.41 Å². The molecule has 1 saturated carbocycles. The molecule has 0 aromatic heterocycles. The third-order valence-corrected chi connectivity index (χ3v) is 3.32. The van der Waals surface area contributed by atoms with Crippen LogP contribution in [0.5, 0.6) is 0 Å². The lowest BCUT2D eigenvalue weighted by Crippen LogP contribution is -2.32. The zero-order valence-corrected chi connectivity index (χ0v) is 10.9. The number of urea groups is 1. The average molecular weight is 262 g/mol. The monoisotopic (exact) mass is 262 g/mol. The van der Waals surface area contributed by atoms with Crippen LogP contribution in [0.1, 0.15) is 25.3 Å². The second kappa shape index (κ2) is 5.30. The van der Waals surface area contributed by atoms with E-state index in [0.717, 1.165) is 12.8 Å². The summed E-state index contributed by atoms with van der Waals surface area (Å²) in [6, 6.07) is 6.62. The molecule has 0 spiro atoms. The van der Waals surface area contributed by atoms with Crippen molar-refractivity contribution in [2.24, 2.45) is 5.41 Å². The minimum atomic E-state index is -0.886. The number of carboxylic acids is 1. The molecule has 0 bridgehead atoms. The van der Waals surface area contributed by atoms with Gasteiger partial charge in [-0.1, -0.05) is 19.1 Å². The van der Waals surface area contributed by atoms with Gasteiger partial charge in [0.2, 0.25) is 0 Å². The molecule has 102 valence electrons. The average Bonchev–Trinajstić information content (AvgIpc) is 3.05. The Bertz CT molecular complexity index is 495. The van der Waals surface area contributed by atoms with E-state index in [1.165, 1.54) is 0 Å². The molecule has 1 aromatic carbocycles. The Morgan fingerprint density at radius 2 is 2.11 bits per heavy atom. The molecule has 5 heteroatoms. The smallest absolute Gasteiger partial charge is 0.319 e. The van der Waals surface area contributed by atoms with Crippen molar-refractivity contribution in [3.63, 3.8) is 0 Å². The maximum absolute atomic E-state index is 11.7. The molecule has 0 heterocycles. The van der Waals surface area contributed by atoms with E-state index in [0.29, 0.717) is 17.8 Å². The number of carboxylic acid groups (broad SMARTS) is 1. The largest absolute Gasteiger partial charge is 0.481 e. The minimum Gasteiger partial charge on any atom is -0.481 e. The number of hydrogen-bond acceptors (Lipinski definition) is 2. The molecular formula is C14H18N2O3. The van der Waals surface area contributed by atoms with Crippen LogP contribution >= 0.6 is 0 Å². The fourth-order valence-corrected chi connectivity index (χ4v) is 1.79. The maximum Gasteiger partial charge on any atom is 0.319 e. The molecule has 0 unspecified atom stereocenters. The molecule has 19 heavy (non-hydrogen) atoms. The van der Waals surface area contributed by atoms with Crippen molar-refractivity contribution >= 4 is 17.7 Å². The molecular weight excluding hydrogens is 244 g/mol. The Balaban J connectivity index is 1.87. The Morgan fingerprint density at radius 1 is 1.37 bits per heavy atom. The highest BCUT2D eigenvalue weighted by Gasteiger charge is 2.37. The van der Waals surface area contributed by atoms with Gasteiger partial charge in [-0.3, -0.25) is 4.79 Å². The lowest BCUT2D eigenvalue weighted by atomic mass is 10.1. The second-order valence-electron chi connectivity index (χ2n) is 5.39. The Morgan fingerprint density at radius 3 is 2.74 bits per heavy atom. The number of hydrogen-bond donors (Lipinski definition) is 3. The van der Waals surface area contributed by atoms with E-state index in [1.807, 2.05) is 0 Å². The first-order valence-electron chi connectivity index (χ1n) is 6.32. The van der Waals surface area contributed by atoms with Gasteiger partial charge in [0.15, 0.2) is 0 Å². The number of rotatable bonds is 5. The first-order chi connectivity index (χ1) is 8.97. The molecule has 5 nitrogen and oxygen atoms in total. The summed E-state index contributed by atoms with van der Waals surface area (Å²) < 4.78 is 0. The van der Waals surface area contributed by atoms with Gasteiger partial charge >= 0.3 is 12.0 Å². The van der Waals surface area contributed by atoms with Gasteiger partial charge < -0.3 is 15.7 Å². The predicted molar refractivity (Wildman–Crippen MR) is 72.1 cm³/mol. The summed E-state index contributed by atoms with van der Waals surface area (Å²) >= 11 is 0. The van der Waals surface area contributed by atoms with E-state index < -0.39 is 5.97 Å². The van der Waals surface area contributed by atoms with Crippen LogP contribution in [0.2, 0.25) is 0 Å². The summed E-state index contributed by atoms with van der Waals surface area (Å²) in [5.41, 5.74) is 1.54. The Kier molecular flexibility index (Phi) is 3.74. The summed E-state index contributed by atoms with van der Waals surface area (Å²) in [5, 5.41) is 14.3. The summed E-state index contributed by atoms with van der Waals surface area (Å²) in [7, 11) is 0. The van der Waals surface area contributed by atoms with E-state index in [1.54, 1.807) is 24.3 Å². The van der Waals surface area contributed by atoms with Crippen molar-refractivity contribution in [1.82, 2.24) is 5.32 Å². The van der Waals surface area contributed by atoms with Crippen LogP contribution in [-0.4, -0.2) is 23.7 Å². The zero-order chi connectivity index (χ0) is 13.9. The highest BCUT2D eigenvalue weighted by atomic mass is 16.4. The standard InChI is InChI=1S/C14H18N2O3/c1-14(5-6-14)9-15-13(19)16-11-4-2-3-10(7-11)8-12(17)18/h2-4,7H,5-6,8-9H2,1H3,(H,17,18)(H2,15,16,19). The zero-order valence-electron chi connectivity index (χ0n) is 10.9. The minimum absolute atomic E-state index is 0.0464. The number of benzene rings is 1. The maximum atomic E-state index is 11.7. The number of carbonyl (C=O) groups excluding carboxylic acids is 1. The Hall–Kier alpha value is -2.04. The van der Waals surface area contributed by atoms with Crippen LogP contribution < -0.4 is 10.6 Å². The van der Waals surface area contributed by atoms with Gasteiger partial charge in [0.05, 0.1) is 6.42 Å². The van der Waals surface area contributed by atoms with Gasteiger partial charge in [-0.15, -0.1) is 0 Å². The molecule has 1 aliphatic rings. The summed E-state index contributed by atoms with van der Waals surface area (Å²) in [6.07, 6.45) is 2.26. The SMILES string of the molecule is CC1(CNC(=O)Nc2cccc(CC(=O)O)c2)CC1. The molecule has 0 atom stereocenters. The van der Waals surface area contributed by atoms with Crippen LogP contribution in [0.4, 0.5) is 10.5 Å². The van der Waals surface area contributed by atoms with E-state index in [-0.39, 0.29) is 17.9 Å². The summed E-state index contributed by atoms with van der Waals surface area (Å²) in [6.45, 7) is 2.81. The molecule has 2 amide bonds. The van der Waals surface area contributed by atoms with Crippen molar-refractivity contribution in [3.05, 3.63) is 29.8 Å². The van der Waals surface area contributed by atoms with E-state index in [9.17, 15) is 9.59 Å². The van der Waals surface area contributed by atoms with Gasteiger partial charge in [0.1, 0.15) is 0 Å². The van der Waals surface area contributed by atoms with Crippen molar-refractivity contribution in [2.45, 2.75) is 26.2 Å². The topological polar surface area (TPSA) is 78.4 Å². The van der Waals surface area contributed by atoms with Crippen molar-refractivity contribution in [2.75, 3.05) is 11.9 Å². The fourth-order valence-electron chi connectivity index (χ4n) is 1.79. The molecule has 1 fully saturated rings. The number of carbonyl (C=O) groups is 2. The van der Waals surface area contributed by atoms with Gasteiger partial charge in [-0.05, 0) is 36.0 Å². The lowest BCUT2D eigenvalue weighted by Gasteiger charge is -2.11. The van der Waals surface area contributed by atoms with Crippen LogP contribution in [0.25, 0.3) is 0 Å². The van der Waals surface area contributed by atoms with Crippen molar-refractivity contribution < 1.29 is 14.7 Å². The second-order valence-corrected chi connectivity index (χ2v) is 5.39. The summed E-state index contributed by atoms with van der Waals surface area (Å²) in [5.74, 6) is -0.886. The van der Waals surface area contributed by atoms with E-state index >= 15 is 0 Å². The van der Waals surface area contributed by atoms with Gasteiger partial charge in [0, 0.05) is 12.2 Å². The van der Waals surface area contributed by atoms with E-state index in [4.69, 9.17) is 5.11 Å². The van der Waals surface area contributed by atoms with Crippen molar-refractivity contribution in [1.29, 1.82) is 0 Å². The number of amides is 2.